The van der Waals surface area contributed by atoms with Crippen molar-refractivity contribution in [2.45, 2.75) is 6.92 Å². The van der Waals surface area contributed by atoms with E-state index < -0.39 is 18.4 Å². The molecule has 0 aliphatic heterocycles. The number of hydrogen-bond donors (Lipinski definition) is 4. The molecule has 1 aromatic rings. The summed E-state index contributed by atoms with van der Waals surface area (Å²) in [4.78, 5) is 33.4. The third kappa shape index (κ3) is 6.24. The number of carboxylic acids is 1. The maximum Gasteiger partial charge on any atom is 0.322 e. The molecule has 7 nitrogen and oxygen atoms in total. The molecular weight excluding hydrogens is 274 g/mol. The molecular formula is C14H17N3O4. The van der Waals surface area contributed by atoms with Crippen molar-refractivity contribution in [1.82, 2.24) is 10.6 Å². The molecule has 4 N–H and O–H groups in total. The highest BCUT2D eigenvalue weighted by Crippen LogP contribution is 2.09. The van der Waals surface area contributed by atoms with Crippen molar-refractivity contribution in [3.63, 3.8) is 0 Å². The van der Waals surface area contributed by atoms with Gasteiger partial charge in [0.1, 0.15) is 6.54 Å². The smallest absolute Gasteiger partial charge is 0.322 e. The maximum atomic E-state index is 11.6. The van der Waals surface area contributed by atoms with E-state index in [0.29, 0.717) is 17.8 Å². The van der Waals surface area contributed by atoms with Gasteiger partial charge in [-0.05, 0) is 31.2 Å². The topological polar surface area (TPSA) is 108 Å². The minimum atomic E-state index is -1.11. The lowest BCUT2D eigenvalue weighted by molar-refractivity contribution is -0.135. The Morgan fingerprint density at radius 2 is 1.71 bits per heavy atom. The van der Waals surface area contributed by atoms with Crippen LogP contribution in [0.3, 0.4) is 0 Å². The first kappa shape index (κ1) is 16.2. The monoisotopic (exact) mass is 291 g/mol. The van der Waals surface area contributed by atoms with Gasteiger partial charge < -0.3 is 21.1 Å². The molecule has 0 radical (unpaired) electrons. The second-order valence-corrected chi connectivity index (χ2v) is 4.42. The Bertz CT molecular complexity index is 552. The van der Waals surface area contributed by atoms with Gasteiger partial charge in [0.25, 0.3) is 5.91 Å². The molecule has 7 heteroatoms. The molecule has 0 saturated carbocycles. The zero-order valence-electron chi connectivity index (χ0n) is 11.6. The lowest BCUT2D eigenvalue weighted by Gasteiger charge is -2.08. The van der Waals surface area contributed by atoms with E-state index in [1.807, 2.05) is 0 Å². The normalized spacial score (nSPS) is 9.57. The molecule has 0 atom stereocenters. The van der Waals surface area contributed by atoms with Crippen molar-refractivity contribution >= 4 is 23.6 Å². The fourth-order valence-electron chi connectivity index (χ4n) is 1.37. The number of aliphatic carboxylic acids is 1. The fraction of sp³-hybridized carbons (Fsp3) is 0.214. The molecule has 0 aromatic heterocycles. The number of amides is 3. The predicted octanol–water partition coefficient (Wildman–Crippen LogP) is 1.20. The molecule has 0 unspecified atom stereocenters. The van der Waals surface area contributed by atoms with Crippen molar-refractivity contribution in [1.29, 1.82) is 0 Å². The summed E-state index contributed by atoms with van der Waals surface area (Å²) in [6.07, 6.45) is 0. The molecule has 112 valence electrons. The Kier molecular flexibility index (Phi) is 5.94. The number of hydrogen-bond acceptors (Lipinski definition) is 3. The summed E-state index contributed by atoms with van der Waals surface area (Å²) in [7, 11) is 0. The Morgan fingerprint density at radius 3 is 2.24 bits per heavy atom. The summed E-state index contributed by atoms with van der Waals surface area (Å²) >= 11 is 0. The molecule has 3 amide bonds. The summed E-state index contributed by atoms with van der Waals surface area (Å²) < 4.78 is 0. The van der Waals surface area contributed by atoms with Gasteiger partial charge in [-0.1, -0.05) is 12.2 Å². The zero-order chi connectivity index (χ0) is 15.8. The molecule has 21 heavy (non-hydrogen) atoms. The molecule has 0 heterocycles. The Morgan fingerprint density at radius 1 is 1.10 bits per heavy atom. The van der Waals surface area contributed by atoms with Gasteiger partial charge in [0.2, 0.25) is 0 Å². The summed E-state index contributed by atoms with van der Waals surface area (Å²) in [6.45, 7) is 5.40. The second-order valence-electron chi connectivity index (χ2n) is 4.42. The maximum absolute atomic E-state index is 11.6. The molecule has 0 saturated heterocycles. The van der Waals surface area contributed by atoms with Crippen LogP contribution in [-0.4, -0.2) is 36.1 Å². The van der Waals surface area contributed by atoms with E-state index in [0.717, 1.165) is 5.57 Å². The van der Waals surface area contributed by atoms with Gasteiger partial charge in [0.15, 0.2) is 0 Å². The van der Waals surface area contributed by atoms with Crippen LogP contribution in [-0.2, 0) is 4.79 Å². The number of carbonyl (C=O) groups is 3. The van der Waals surface area contributed by atoms with Gasteiger partial charge in [-0.25, -0.2) is 4.79 Å². The van der Waals surface area contributed by atoms with Crippen LogP contribution in [0, 0.1) is 0 Å². The van der Waals surface area contributed by atoms with Crippen LogP contribution in [0.25, 0.3) is 0 Å². The largest absolute Gasteiger partial charge is 0.480 e. The first-order valence-electron chi connectivity index (χ1n) is 6.18. The van der Waals surface area contributed by atoms with Crippen LogP contribution in [0.4, 0.5) is 10.5 Å². The Balaban J connectivity index is 2.53. The van der Waals surface area contributed by atoms with Crippen LogP contribution in [0.5, 0.6) is 0 Å². The standard InChI is InChI=1S/C14H17N3O4/c1-9(2)7-16-14(21)17-11-5-3-10(4-6-11)13(20)15-8-12(18)19/h3-6H,1,7-8H2,2H3,(H,15,20)(H,18,19)(H2,16,17,21). The Labute approximate surface area is 122 Å². The van der Waals surface area contributed by atoms with Crippen molar-refractivity contribution < 1.29 is 19.5 Å². The van der Waals surface area contributed by atoms with E-state index in [2.05, 4.69) is 22.5 Å². The van der Waals surface area contributed by atoms with Gasteiger partial charge >= 0.3 is 12.0 Å². The van der Waals surface area contributed by atoms with Crippen LogP contribution < -0.4 is 16.0 Å². The quantitative estimate of drug-likeness (QED) is 0.591. The van der Waals surface area contributed by atoms with Gasteiger partial charge in [-0.15, -0.1) is 0 Å². The molecule has 0 fully saturated rings. The SMILES string of the molecule is C=C(C)CNC(=O)Nc1ccc(C(=O)NCC(=O)O)cc1. The van der Waals surface area contributed by atoms with Crippen LogP contribution in [0.2, 0.25) is 0 Å². The molecule has 1 aromatic carbocycles. The van der Waals surface area contributed by atoms with Crippen molar-refractivity contribution in [3.8, 4) is 0 Å². The lowest BCUT2D eigenvalue weighted by atomic mass is 10.2. The molecule has 1 rings (SSSR count). The number of nitrogens with one attached hydrogen (secondary N) is 3. The highest BCUT2D eigenvalue weighted by atomic mass is 16.4. The number of urea groups is 1. The first-order chi connectivity index (χ1) is 9.88. The van der Waals surface area contributed by atoms with E-state index >= 15 is 0 Å². The second kappa shape index (κ2) is 7.68. The average Bonchev–Trinajstić information content (AvgIpc) is 2.43. The number of carboxylic acid groups (broad SMARTS) is 1. The Hall–Kier alpha value is -2.83. The molecule has 0 bridgehead atoms. The van der Waals surface area contributed by atoms with E-state index in [-0.39, 0.29) is 6.03 Å². The third-order valence-electron chi connectivity index (χ3n) is 2.36. The van der Waals surface area contributed by atoms with E-state index in [4.69, 9.17) is 5.11 Å². The van der Waals surface area contributed by atoms with Crippen LogP contribution in [0.1, 0.15) is 17.3 Å². The number of carbonyl (C=O) groups excluding carboxylic acids is 2. The number of rotatable bonds is 6. The van der Waals surface area contributed by atoms with Gasteiger partial charge in [-0.2, -0.15) is 0 Å². The van der Waals surface area contributed by atoms with E-state index in [1.165, 1.54) is 12.1 Å². The first-order valence-corrected chi connectivity index (χ1v) is 6.18. The minimum Gasteiger partial charge on any atom is -0.480 e. The summed E-state index contributed by atoms with van der Waals surface area (Å²) in [5, 5.41) is 15.9. The van der Waals surface area contributed by atoms with Crippen LogP contribution in [0.15, 0.2) is 36.4 Å². The molecule has 0 spiro atoms. The predicted molar refractivity (Wildman–Crippen MR) is 78.2 cm³/mol. The average molecular weight is 291 g/mol. The molecule has 0 aliphatic carbocycles. The summed E-state index contributed by atoms with van der Waals surface area (Å²) in [5.41, 5.74) is 1.66. The number of benzene rings is 1. The fourth-order valence-corrected chi connectivity index (χ4v) is 1.37. The van der Waals surface area contributed by atoms with Crippen LogP contribution >= 0.6 is 0 Å². The highest BCUT2D eigenvalue weighted by Gasteiger charge is 2.07. The minimum absolute atomic E-state index is 0.309. The van der Waals surface area contributed by atoms with Crippen molar-refractivity contribution in [3.05, 3.63) is 42.0 Å². The zero-order valence-corrected chi connectivity index (χ0v) is 11.6. The van der Waals surface area contributed by atoms with E-state index in [9.17, 15) is 14.4 Å². The van der Waals surface area contributed by atoms with Gasteiger partial charge in [0.05, 0.1) is 0 Å². The third-order valence-corrected chi connectivity index (χ3v) is 2.36. The van der Waals surface area contributed by atoms with Gasteiger partial charge in [-0.3, -0.25) is 9.59 Å². The van der Waals surface area contributed by atoms with Crippen molar-refractivity contribution in [2.24, 2.45) is 0 Å². The van der Waals surface area contributed by atoms with E-state index in [1.54, 1.807) is 19.1 Å². The highest BCUT2D eigenvalue weighted by molar-refractivity contribution is 5.96. The summed E-state index contributed by atoms with van der Waals surface area (Å²) in [6, 6.07) is 5.71. The lowest BCUT2D eigenvalue weighted by Crippen LogP contribution is -2.30. The number of anilines is 1. The molecule has 0 aliphatic rings. The van der Waals surface area contributed by atoms with Gasteiger partial charge in [0, 0.05) is 17.8 Å². The summed E-state index contributed by atoms with van der Waals surface area (Å²) in [5.74, 6) is -1.61. The van der Waals surface area contributed by atoms with Crippen molar-refractivity contribution in [2.75, 3.05) is 18.4 Å².